The first-order valence-electron chi connectivity index (χ1n) is 12.8. The van der Waals surface area contributed by atoms with Crippen LogP contribution in [0, 0.1) is 11.2 Å². The van der Waals surface area contributed by atoms with Crippen LogP contribution in [-0.4, -0.2) is 53.7 Å². The van der Waals surface area contributed by atoms with Gasteiger partial charge in [-0.25, -0.2) is 4.39 Å². The number of aliphatic hydroxyl groups excluding tert-OH is 1. The number of aliphatic hydroxyl groups is 1. The molecule has 1 unspecified atom stereocenters. The predicted octanol–water partition coefficient (Wildman–Crippen LogP) is 6.56. The summed E-state index contributed by atoms with van der Waals surface area (Å²) in [5.41, 5.74) is 7.80. The van der Waals surface area contributed by atoms with Gasteiger partial charge in [-0.15, -0.1) is 0 Å². The number of aliphatic imine (C=N–C) groups is 1. The van der Waals surface area contributed by atoms with Crippen LogP contribution in [0.2, 0.25) is 0 Å². The summed E-state index contributed by atoms with van der Waals surface area (Å²) < 4.78 is 14.1. The van der Waals surface area contributed by atoms with E-state index in [0.29, 0.717) is 18.7 Å². The summed E-state index contributed by atoms with van der Waals surface area (Å²) in [7, 11) is 3.99. The normalized spacial score (nSPS) is 21.8. The molecule has 2 N–H and O–H groups in total. The molecule has 6 heteroatoms. The second-order valence-electron chi connectivity index (χ2n) is 9.87. The Morgan fingerprint density at radius 2 is 1.97 bits per heavy atom. The molecule has 0 spiro atoms. The summed E-state index contributed by atoms with van der Waals surface area (Å²) in [5.74, 6) is -0.103. The molecule has 1 saturated carbocycles. The molecule has 0 saturated heterocycles. The summed E-state index contributed by atoms with van der Waals surface area (Å²) >= 11 is 0. The van der Waals surface area contributed by atoms with Gasteiger partial charge in [0.1, 0.15) is 5.82 Å². The van der Waals surface area contributed by atoms with Gasteiger partial charge < -0.3 is 15.4 Å². The van der Waals surface area contributed by atoms with Crippen LogP contribution in [0.5, 0.6) is 0 Å². The fourth-order valence-corrected chi connectivity index (χ4v) is 4.91. The maximum Gasteiger partial charge on any atom is 0.123 e. The Kier molecular flexibility index (Phi) is 10.3. The summed E-state index contributed by atoms with van der Waals surface area (Å²) in [4.78, 5) is 11.0. The highest BCUT2D eigenvalue weighted by atomic mass is 19.1. The molecule has 1 aromatic carbocycles. The first-order chi connectivity index (χ1) is 17.3. The van der Waals surface area contributed by atoms with Gasteiger partial charge in [-0.2, -0.15) is 0 Å². The van der Waals surface area contributed by atoms with E-state index in [1.165, 1.54) is 11.6 Å². The first kappa shape index (κ1) is 27.6. The van der Waals surface area contributed by atoms with Gasteiger partial charge in [-0.3, -0.25) is 9.98 Å². The van der Waals surface area contributed by atoms with Crippen LogP contribution in [0.25, 0.3) is 11.1 Å². The van der Waals surface area contributed by atoms with Gasteiger partial charge in [0.15, 0.2) is 0 Å². The molecule has 5 nitrogen and oxygen atoms in total. The Morgan fingerprint density at radius 1 is 1.17 bits per heavy atom. The van der Waals surface area contributed by atoms with E-state index in [2.05, 4.69) is 22.9 Å². The lowest BCUT2D eigenvalue weighted by Gasteiger charge is -2.30. The van der Waals surface area contributed by atoms with Crippen LogP contribution in [0.3, 0.4) is 0 Å². The van der Waals surface area contributed by atoms with Crippen molar-refractivity contribution in [2.75, 3.05) is 27.2 Å². The molecule has 2 aromatic rings. The number of hydrogen-bond acceptors (Lipinski definition) is 5. The Hall–Kier alpha value is -2.96. The standard InChI is InChI=1S/C25H26FN3.C5H13NO/c1-16-6-3-4-7-18-12-20(13-24(27)25(18)17(2)29-16)22-10-9-21(26)14-23(22)19-8-5-11-28-15-19;1-6(2)4-3-5-7/h5,7-11,14-15,20,27H,3-4,6,12-13H2,1-2H3;7H,3-5H2,1-2H3/b18-7+,25-17+,27-24?,29-16?;. The largest absolute Gasteiger partial charge is 0.396 e. The molecule has 1 fully saturated rings. The maximum absolute atomic E-state index is 14.1. The topological polar surface area (TPSA) is 72.6 Å². The highest BCUT2D eigenvalue weighted by Crippen LogP contribution is 2.42. The minimum Gasteiger partial charge on any atom is -0.396 e. The van der Waals surface area contributed by atoms with Crippen molar-refractivity contribution in [2.24, 2.45) is 4.99 Å². The van der Waals surface area contributed by atoms with Crippen LogP contribution in [0.4, 0.5) is 4.39 Å². The molecule has 1 aromatic heterocycles. The number of halogens is 1. The van der Waals surface area contributed by atoms with Gasteiger partial charge in [0, 0.05) is 47.3 Å². The van der Waals surface area contributed by atoms with Gasteiger partial charge in [-0.05, 0) is 114 Å². The molecular formula is C30H39FN4O. The fourth-order valence-electron chi connectivity index (χ4n) is 4.91. The average molecular weight is 491 g/mol. The molecule has 2 aliphatic rings. The highest BCUT2D eigenvalue weighted by molar-refractivity contribution is 6.04. The van der Waals surface area contributed by atoms with Crippen molar-refractivity contribution >= 4 is 11.4 Å². The SMILES string of the molecule is CC1=N/C(C)=C2/C(=N)CC(c3ccc(F)cc3-c3cccnc3)C/C2=C\CCC1.CN(C)CCCO. The Morgan fingerprint density at radius 3 is 2.64 bits per heavy atom. The molecule has 0 amide bonds. The molecule has 1 atom stereocenters. The molecule has 0 radical (unpaired) electrons. The number of fused-ring (bicyclic) bond motifs is 1. The third-order valence-electron chi connectivity index (χ3n) is 6.58. The average Bonchev–Trinajstić information content (AvgIpc) is 2.92. The zero-order valence-electron chi connectivity index (χ0n) is 22.0. The quantitative estimate of drug-likeness (QED) is 0.498. The van der Waals surface area contributed by atoms with E-state index in [1.54, 1.807) is 18.5 Å². The van der Waals surface area contributed by atoms with Crippen molar-refractivity contribution in [3.8, 4) is 11.1 Å². The van der Waals surface area contributed by atoms with E-state index in [4.69, 9.17) is 15.5 Å². The van der Waals surface area contributed by atoms with Crippen LogP contribution in [0.1, 0.15) is 63.9 Å². The molecule has 1 aliphatic heterocycles. The predicted molar refractivity (Wildman–Crippen MR) is 147 cm³/mol. The lowest BCUT2D eigenvalue weighted by atomic mass is 9.74. The number of hydrogen-bond donors (Lipinski definition) is 2. The summed E-state index contributed by atoms with van der Waals surface area (Å²) in [6, 6.07) is 8.84. The lowest BCUT2D eigenvalue weighted by Crippen LogP contribution is -2.20. The third-order valence-corrected chi connectivity index (χ3v) is 6.58. The van der Waals surface area contributed by atoms with E-state index in [0.717, 1.165) is 72.3 Å². The van der Waals surface area contributed by atoms with Gasteiger partial charge >= 0.3 is 0 Å². The number of benzene rings is 1. The molecule has 0 bridgehead atoms. The number of rotatable bonds is 5. The van der Waals surface area contributed by atoms with Crippen LogP contribution < -0.4 is 0 Å². The summed E-state index contributed by atoms with van der Waals surface area (Å²) in [6.45, 7) is 5.38. The fraction of sp³-hybridized carbons (Fsp3) is 0.433. The van der Waals surface area contributed by atoms with E-state index in [-0.39, 0.29) is 11.7 Å². The van der Waals surface area contributed by atoms with Crippen LogP contribution in [0.15, 0.2) is 70.6 Å². The molecule has 36 heavy (non-hydrogen) atoms. The number of allylic oxidation sites excluding steroid dienone is 4. The van der Waals surface area contributed by atoms with Gasteiger partial charge in [0.2, 0.25) is 0 Å². The Bertz CT molecular complexity index is 1130. The second-order valence-corrected chi connectivity index (χ2v) is 9.87. The van der Waals surface area contributed by atoms with E-state index >= 15 is 0 Å². The summed E-state index contributed by atoms with van der Waals surface area (Å²) in [5, 5.41) is 17.1. The second kappa shape index (κ2) is 13.4. The smallest absolute Gasteiger partial charge is 0.123 e. The van der Waals surface area contributed by atoms with Gasteiger partial charge in [0.25, 0.3) is 0 Å². The monoisotopic (exact) mass is 490 g/mol. The van der Waals surface area contributed by atoms with E-state index in [1.807, 2.05) is 39.2 Å². The molecule has 4 rings (SSSR count). The van der Waals surface area contributed by atoms with Gasteiger partial charge in [0.05, 0.1) is 0 Å². The molecule has 1 aliphatic carbocycles. The minimum atomic E-state index is -0.249. The Labute approximate surface area is 215 Å². The zero-order chi connectivity index (χ0) is 26.1. The molecular weight excluding hydrogens is 451 g/mol. The third kappa shape index (κ3) is 7.52. The maximum atomic E-state index is 14.1. The van der Waals surface area contributed by atoms with Crippen LogP contribution >= 0.6 is 0 Å². The first-order valence-corrected chi connectivity index (χ1v) is 12.8. The number of nitrogens with zero attached hydrogens (tertiary/aromatic N) is 3. The van der Waals surface area contributed by atoms with Crippen molar-refractivity contribution in [2.45, 2.75) is 58.3 Å². The number of aromatic nitrogens is 1. The highest BCUT2D eigenvalue weighted by Gasteiger charge is 2.29. The zero-order valence-corrected chi connectivity index (χ0v) is 22.0. The van der Waals surface area contributed by atoms with Crippen molar-refractivity contribution in [1.29, 1.82) is 5.41 Å². The number of pyridine rings is 1. The molecule has 2 heterocycles. The van der Waals surface area contributed by atoms with Crippen molar-refractivity contribution in [3.63, 3.8) is 0 Å². The minimum absolute atomic E-state index is 0.145. The van der Waals surface area contributed by atoms with Crippen molar-refractivity contribution < 1.29 is 9.50 Å². The number of nitrogens with one attached hydrogen (secondary N) is 1. The molecule has 192 valence electrons. The van der Waals surface area contributed by atoms with E-state index in [9.17, 15) is 4.39 Å². The van der Waals surface area contributed by atoms with E-state index < -0.39 is 0 Å². The van der Waals surface area contributed by atoms with Crippen molar-refractivity contribution in [1.82, 2.24) is 9.88 Å². The Balaban J connectivity index is 0.000000454. The summed E-state index contributed by atoms with van der Waals surface area (Å²) in [6.07, 6.45) is 11.2. The lowest BCUT2D eigenvalue weighted by molar-refractivity contribution is 0.263. The van der Waals surface area contributed by atoms with Crippen LogP contribution in [-0.2, 0) is 0 Å². The van der Waals surface area contributed by atoms with Gasteiger partial charge in [-0.1, -0.05) is 18.2 Å². The van der Waals surface area contributed by atoms with Crippen molar-refractivity contribution in [3.05, 3.63) is 77.0 Å².